The molecule has 1 aliphatic carbocycles. The lowest BCUT2D eigenvalue weighted by Gasteiger charge is -2.11. The molecule has 2 aromatic carbocycles. The van der Waals surface area contributed by atoms with Crippen molar-refractivity contribution in [3.8, 4) is 11.5 Å². The summed E-state index contributed by atoms with van der Waals surface area (Å²) in [5.74, 6) is -0.115. The summed E-state index contributed by atoms with van der Waals surface area (Å²) in [6, 6.07) is 11.5. The minimum atomic E-state index is -4.58. The summed E-state index contributed by atoms with van der Waals surface area (Å²) >= 11 is -0.402. The fourth-order valence-electron chi connectivity index (χ4n) is 2.75. The third-order valence-corrected chi connectivity index (χ3v) is 4.57. The van der Waals surface area contributed by atoms with Gasteiger partial charge in [0.25, 0.3) is 0 Å². The first-order chi connectivity index (χ1) is 11.9. The van der Waals surface area contributed by atoms with E-state index in [2.05, 4.69) is 0 Å². The maximum Gasteiger partial charge on any atom is 0.446 e. The summed E-state index contributed by atoms with van der Waals surface area (Å²) < 4.78 is 49.5. The summed E-state index contributed by atoms with van der Waals surface area (Å²) in [4.78, 5) is 12.4. The van der Waals surface area contributed by atoms with Crippen molar-refractivity contribution in [1.29, 1.82) is 0 Å². The Hall–Kier alpha value is -2.41. The fourth-order valence-corrected chi connectivity index (χ4v) is 3.51. The zero-order valence-electron chi connectivity index (χ0n) is 13.3. The average Bonchev–Trinajstić information content (AvgIpc) is 2.85. The van der Waals surface area contributed by atoms with Crippen LogP contribution in [0.2, 0.25) is 0 Å². The van der Waals surface area contributed by atoms with Crippen molar-refractivity contribution in [2.24, 2.45) is 0 Å². The second kappa shape index (κ2) is 6.48. The van der Waals surface area contributed by atoms with Crippen LogP contribution >= 0.6 is 11.8 Å². The minimum Gasteiger partial charge on any atom is -0.497 e. The van der Waals surface area contributed by atoms with E-state index in [0.717, 1.165) is 0 Å². The number of benzene rings is 2. The fraction of sp³-hybridized carbons (Fsp3) is 0.167. The molecule has 0 amide bonds. The van der Waals surface area contributed by atoms with Crippen LogP contribution in [0.4, 0.5) is 13.2 Å². The second-order valence-corrected chi connectivity index (χ2v) is 6.27. The number of carbonyl (C=O) groups excluding carboxylic acids is 1. The number of carbonyl (C=O) groups is 1. The molecule has 1 aliphatic rings. The Morgan fingerprint density at radius 1 is 1.00 bits per heavy atom. The van der Waals surface area contributed by atoms with E-state index in [1.807, 2.05) is 0 Å². The number of rotatable bonds is 4. The molecule has 3 rings (SSSR count). The standard InChI is InChI=1S/C18H13F3O3S/c1-23-11-8-12-14(10-6-4-3-5-7-10)17(25-18(19,20)21)16(22)15(12)13(9-11)24-2/h3-9H,1-2H3. The molecule has 0 N–H and O–H groups in total. The largest absolute Gasteiger partial charge is 0.497 e. The highest BCUT2D eigenvalue weighted by Crippen LogP contribution is 2.50. The van der Waals surface area contributed by atoms with Gasteiger partial charge in [-0.15, -0.1) is 0 Å². The Kier molecular flexibility index (Phi) is 4.51. The van der Waals surface area contributed by atoms with Crippen LogP contribution in [0, 0.1) is 0 Å². The summed E-state index contributed by atoms with van der Waals surface area (Å²) in [6.07, 6.45) is 0. The van der Waals surface area contributed by atoms with Gasteiger partial charge < -0.3 is 9.47 Å². The van der Waals surface area contributed by atoms with E-state index >= 15 is 0 Å². The van der Waals surface area contributed by atoms with Crippen LogP contribution in [-0.4, -0.2) is 25.5 Å². The molecule has 0 saturated heterocycles. The lowest BCUT2D eigenvalue weighted by Crippen LogP contribution is -2.06. The second-order valence-electron chi connectivity index (χ2n) is 5.20. The molecule has 0 heterocycles. The quantitative estimate of drug-likeness (QED) is 0.770. The Morgan fingerprint density at radius 3 is 2.24 bits per heavy atom. The third kappa shape index (κ3) is 3.24. The first-order valence-corrected chi connectivity index (χ1v) is 8.04. The molecule has 25 heavy (non-hydrogen) atoms. The molecule has 0 radical (unpaired) electrons. The van der Waals surface area contributed by atoms with Crippen LogP contribution in [-0.2, 0) is 0 Å². The summed E-state index contributed by atoms with van der Waals surface area (Å²) in [7, 11) is 2.80. The van der Waals surface area contributed by atoms with Gasteiger partial charge in [-0.25, -0.2) is 0 Å². The number of thioether (sulfide) groups is 1. The van der Waals surface area contributed by atoms with Crippen molar-refractivity contribution in [2.75, 3.05) is 14.2 Å². The van der Waals surface area contributed by atoms with Crippen molar-refractivity contribution in [3.63, 3.8) is 0 Å². The van der Waals surface area contributed by atoms with Crippen LogP contribution in [0.3, 0.4) is 0 Å². The number of ether oxygens (including phenoxy) is 2. The topological polar surface area (TPSA) is 35.5 Å². The molecular formula is C18H13F3O3S. The Morgan fingerprint density at radius 2 is 1.68 bits per heavy atom. The molecule has 7 heteroatoms. The molecule has 0 atom stereocenters. The molecule has 0 aromatic heterocycles. The number of allylic oxidation sites excluding steroid dienone is 1. The molecule has 2 aromatic rings. The predicted molar refractivity (Wildman–Crippen MR) is 90.0 cm³/mol. The van der Waals surface area contributed by atoms with Gasteiger partial charge in [0.05, 0.1) is 24.7 Å². The number of fused-ring (bicyclic) bond motifs is 1. The summed E-state index contributed by atoms with van der Waals surface area (Å²) in [5, 5.41) is 0. The van der Waals surface area contributed by atoms with E-state index in [-0.39, 0.29) is 21.8 Å². The van der Waals surface area contributed by atoms with E-state index in [1.54, 1.807) is 36.4 Å². The molecule has 130 valence electrons. The van der Waals surface area contributed by atoms with Gasteiger partial charge in [0.2, 0.25) is 5.78 Å². The third-order valence-electron chi connectivity index (χ3n) is 3.74. The minimum absolute atomic E-state index is 0.119. The number of ketones is 1. The molecule has 0 aliphatic heterocycles. The van der Waals surface area contributed by atoms with E-state index in [0.29, 0.717) is 16.9 Å². The number of methoxy groups -OCH3 is 2. The number of hydrogen-bond acceptors (Lipinski definition) is 4. The predicted octanol–water partition coefficient (Wildman–Crippen LogP) is 4.91. The SMILES string of the molecule is COc1cc(OC)c2c(c1)C(c1ccccc1)=C(SC(F)(F)F)C2=O. The number of hydrogen-bond donors (Lipinski definition) is 0. The molecule has 0 fully saturated rings. The van der Waals surface area contributed by atoms with Gasteiger partial charge in [0.1, 0.15) is 11.5 Å². The van der Waals surface area contributed by atoms with Crippen molar-refractivity contribution in [2.45, 2.75) is 5.51 Å². The normalized spacial score (nSPS) is 13.9. The Bertz CT molecular complexity index is 858. The number of Topliss-reactive ketones (excluding diaryl/α,β-unsaturated/α-hetero) is 1. The van der Waals surface area contributed by atoms with Crippen LogP contribution in [0.15, 0.2) is 47.4 Å². The first-order valence-electron chi connectivity index (χ1n) is 7.22. The van der Waals surface area contributed by atoms with Crippen molar-refractivity contribution in [1.82, 2.24) is 0 Å². The highest BCUT2D eigenvalue weighted by atomic mass is 32.2. The lowest BCUT2D eigenvalue weighted by molar-refractivity contribution is -0.0322. The van der Waals surface area contributed by atoms with Crippen LogP contribution < -0.4 is 9.47 Å². The van der Waals surface area contributed by atoms with E-state index in [1.165, 1.54) is 20.3 Å². The molecular weight excluding hydrogens is 353 g/mol. The molecule has 0 spiro atoms. The smallest absolute Gasteiger partial charge is 0.446 e. The first kappa shape index (κ1) is 17.4. The molecule has 0 unspecified atom stereocenters. The van der Waals surface area contributed by atoms with Gasteiger partial charge >= 0.3 is 5.51 Å². The van der Waals surface area contributed by atoms with E-state index in [4.69, 9.17) is 9.47 Å². The van der Waals surface area contributed by atoms with Crippen LogP contribution in [0.25, 0.3) is 5.57 Å². The Labute approximate surface area is 146 Å². The van der Waals surface area contributed by atoms with Crippen molar-refractivity contribution >= 4 is 23.1 Å². The average molecular weight is 366 g/mol. The zero-order chi connectivity index (χ0) is 18.2. The molecule has 3 nitrogen and oxygen atoms in total. The van der Waals surface area contributed by atoms with Gasteiger partial charge in [0.15, 0.2) is 0 Å². The maximum atomic E-state index is 13.0. The van der Waals surface area contributed by atoms with E-state index < -0.39 is 23.1 Å². The summed E-state index contributed by atoms with van der Waals surface area (Å²) in [5.41, 5.74) is -3.32. The monoisotopic (exact) mass is 366 g/mol. The van der Waals surface area contributed by atoms with Crippen molar-refractivity contribution < 1.29 is 27.4 Å². The highest BCUT2D eigenvalue weighted by molar-refractivity contribution is 8.05. The van der Waals surface area contributed by atoms with Gasteiger partial charge in [-0.2, -0.15) is 13.2 Å². The molecule has 0 saturated carbocycles. The van der Waals surface area contributed by atoms with Crippen LogP contribution in [0.1, 0.15) is 21.5 Å². The maximum absolute atomic E-state index is 13.0. The highest BCUT2D eigenvalue weighted by Gasteiger charge is 2.41. The van der Waals surface area contributed by atoms with Gasteiger partial charge in [-0.1, -0.05) is 30.3 Å². The lowest BCUT2D eigenvalue weighted by atomic mass is 9.98. The zero-order valence-corrected chi connectivity index (χ0v) is 14.1. The Balaban J connectivity index is 2.30. The number of alkyl halides is 3. The van der Waals surface area contributed by atoms with E-state index in [9.17, 15) is 18.0 Å². The van der Waals surface area contributed by atoms with Gasteiger partial charge in [0, 0.05) is 17.2 Å². The van der Waals surface area contributed by atoms with Gasteiger partial charge in [-0.05, 0) is 23.4 Å². The number of halogens is 3. The van der Waals surface area contributed by atoms with Crippen molar-refractivity contribution in [3.05, 3.63) is 64.1 Å². The van der Waals surface area contributed by atoms with Gasteiger partial charge in [-0.3, -0.25) is 4.79 Å². The summed E-state index contributed by atoms with van der Waals surface area (Å²) in [6.45, 7) is 0. The van der Waals surface area contributed by atoms with Crippen LogP contribution in [0.5, 0.6) is 11.5 Å². The molecule has 0 bridgehead atoms.